The van der Waals surface area contributed by atoms with Crippen LogP contribution in [-0.2, 0) is 4.74 Å². The summed E-state index contributed by atoms with van der Waals surface area (Å²) < 4.78 is 6.15. The SMILES string of the molecule is [CH]1[CH][CH][C](CN2[C@@H](c3cccnc3)OC[C@H]2c2ccccc2)[CH]1. The number of rotatable bonds is 4. The zero-order valence-corrected chi connectivity index (χ0v) is 12.9. The van der Waals surface area contributed by atoms with Gasteiger partial charge < -0.3 is 4.74 Å². The molecule has 0 spiro atoms. The first-order chi connectivity index (χ1) is 11.4. The van der Waals surface area contributed by atoms with Gasteiger partial charge in [0.1, 0.15) is 6.23 Å². The van der Waals surface area contributed by atoms with Crippen LogP contribution in [0.4, 0.5) is 0 Å². The van der Waals surface area contributed by atoms with E-state index in [2.05, 4.69) is 72.0 Å². The molecule has 115 valence electrons. The van der Waals surface area contributed by atoms with Crippen LogP contribution >= 0.6 is 0 Å². The Morgan fingerprint density at radius 1 is 1.00 bits per heavy atom. The van der Waals surface area contributed by atoms with Crippen molar-refractivity contribution in [1.82, 2.24) is 9.88 Å². The van der Waals surface area contributed by atoms with Crippen LogP contribution in [-0.4, -0.2) is 23.0 Å². The van der Waals surface area contributed by atoms with Crippen molar-refractivity contribution in [2.45, 2.75) is 12.3 Å². The predicted molar refractivity (Wildman–Crippen MR) is 89.3 cm³/mol. The van der Waals surface area contributed by atoms with E-state index < -0.39 is 0 Å². The summed E-state index contributed by atoms with van der Waals surface area (Å²) in [7, 11) is 0. The normalized spacial score (nSPS) is 25.9. The minimum atomic E-state index is -0.0520. The van der Waals surface area contributed by atoms with Crippen LogP contribution in [0, 0.1) is 31.6 Å². The molecule has 5 radical (unpaired) electrons. The van der Waals surface area contributed by atoms with Crippen molar-refractivity contribution in [1.29, 1.82) is 0 Å². The summed E-state index contributed by atoms with van der Waals surface area (Å²) >= 11 is 0. The van der Waals surface area contributed by atoms with Gasteiger partial charge in [0, 0.05) is 24.5 Å². The number of hydrogen-bond acceptors (Lipinski definition) is 3. The fraction of sp³-hybridized carbons (Fsp3) is 0.200. The molecule has 2 aliphatic rings. The molecule has 0 amide bonds. The molecular weight excluding hydrogens is 284 g/mol. The van der Waals surface area contributed by atoms with E-state index in [1.807, 2.05) is 12.3 Å². The average molecular weight is 303 g/mol. The second-order valence-electron chi connectivity index (χ2n) is 5.86. The third-order valence-electron chi connectivity index (χ3n) is 4.36. The van der Waals surface area contributed by atoms with E-state index in [4.69, 9.17) is 4.74 Å². The van der Waals surface area contributed by atoms with Gasteiger partial charge >= 0.3 is 0 Å². The molecule has 23 heavy (non-hydrogen) atoms. The average Bonchev–Trinajstić information content (AvgIpc) is 3.27. The van der Waals surface area contributed by atoms with Crippen LogP contribution in [0.2, 0.25) is 0 Å². The highest BCUT2D eigenvalue weighted by atomic mass is 16.5. The number of nitrogens with zero attached hydrogens (tertiary/aromatic N) is 2. The van der Waals surface area contributed by atoms with Gasteiger partial charge in [-0.1, -0.05) is 36.4 Å². The maximum atomic E-state index is 6.15. The number of pyridine rings is 1. The minimum Gasteiger partial charge on any atom is -0.357 e. The molecule has 2 fully saturated rings. The number of ether oxygens (including phenoxy) is 1. The summed E-state index contributed by atoms with van der Waals surface area (Å²) in [6.07, 6.45) is 12.2. The molecular formula is C20H19N2O. The summed E-state index contributed by atoms with van der Waals surface area (Å²) in [5.74, 6) is 1.31. The highest BCUT2D eigenvalue weighted by Gasteiger charge is 2.38. The van der Waals surface area contributed by atoms with E-state index in [0.717, 1.165) is 12.1 Å². The quantitative estimate of drug-likeness (QED) is 0.863. The largest absolute Gasteiger partial charge is 0.357 e. The highest BCUT2D eigenvalue weighted by Crippen LogP contribution is 2.40. The predicted octanol–water partition coefficient (Wildman–Crippen LogP) is 3.56. The monoisotopic (exact) mass is 303 g/mol. The lowest BCUT2D eigenvalue weighted by molar-refractivity contribution is 0.0321. The fourth-order valence-corrected chi connectivity index (χ4v) is 3.23. The van der Waals surface area contributed by atoms with E-state index in [1.54, 1.807) is 6.20 Å². The van der Waals surface area contributed by atoms with Crippen LogP contribution in [0.1, 0.15) is 23.4 Å². The van der Waals surface area contributed by atoms with Gasteiger partial charge in [-0.15, -0.1) is 0 Å². The number of benzene rings is 1. The molecule has 1 saturated heterocycles. The van der Waals surface area contributed by atoms with Crippen LogP contribution in [0.3, 0.4) is 0 Å². The Kier molecular flexibility index (Phi) is 4.40. The third-order valence-corrected chi connectivity index (χ3v) is 4.36. The Bertz CT molecular complexity index is 563. The third kappa shape index (κ3) is 3.17. The first kappa shape index (κ1) is 14.9. The topological polar surface area (TPSA) is 25.4 Å². The molecule has 2 atom stereocenters. The molecule has 3 nitrogen and oxygen atoms in total. The summed E-state index contributed by atoms with van der Waals surface area (Å²) in [5.41, 5.74) is 2.41. The Balaban J connectivity index is 1.61. The number of aromatic nitrogens is 1. The van der Waals surface area contributed by atoms with E-state index >= 15 is 0 Å². The van der Waals surface area contributed by atoms with Crippen LogP contribution in [0.15, 0.2) is 54.9 Å². The molecule has 0 unspecified atom stereocenters. The Morgan fingerprint density at radius 3 is 2.52 bits per heavy atom. The van der Waals surface area contributed by atoms with Crippen molar-refractivity contribution in [2.24, 2.45) is 0 Å². The van der Waals surface area contributed by atoms with Gasteiger partial charge in [0.15, 0.2) is 0 Å². The first-order valence-electron chi connectivity index (χ1n) is 7.94. The molecule has 1 aromatic heterocycles. The second kappa shape index (κ2) is 6.81. The molecule has 2 aromatic rings. The van der Waals surface area contributed by atoms with Crippen LogP contribution < -0.4 is 0 Å². The smallest absolute Gasteiger partial charge is 0.138 e. The van der Waals surface area contributed by atoms with Crippen molar-refractivity contribution in [2.75, 3.05) is 13.2 Å². The molecule has 4 rings (SSSR count). The van der Waals surface area contributed by atoms with Crippen LogP contribution in [0.25, 0.3) is 0 Å². The second-order valence-corrected chi connectivity index (χ2v) is 5.86. The maximum absolute atomic E-state index is 6.15. The van der Waals surface area contributed by atoms with Crippen molar-refractivity contribution in [3.05, 3.63) is 97.6 Å². The Labute approximate surface area is 138 Å². The standard InChI is InChI=1S/C20H19N2O/c1-2-9-17(10-3-1)19-15-23-20(18-11-6-12-21-13-18)22(19)14-16-7-4-5-8-16/h1-13,19-20H,14-15H2/t19-,20+/m0/s1. The molecule has 1 aromatic carbocycles. The number of hydrogen-bond donors (Lipinski definition) is 0. The highest BCUT2D eigenvalue weighted by molar-refractivity contribution is 5.37. The van der Waals surface area contributed by atoms with Gasteiger partial charge in [-0.25, -0.2) is 0 Å². The van der Waals surface area contributed by atoms with Gasteiger partial charge in [0.2, 0.25) is 0 Å². The zero-order valence-electron chi connectivity index (χ0n) is 12.9. The van der Waals surface area contributed by atoms with E-state index in [1.165, 1.54) is 11.5 Å². The molecule has 1 aliphatic heterocycles. The van der Waals surface area contributed by atoms with Crippen molar-refractivity contribution < 1.29 is 4.74 Å². The van der Waals surface area contributed by atoms with Crippen molar-refractivity contribution in [3.8, 4) is 0 Å². The Morgan fingerprint density at radius 2 is 1.78 bits per heavy atom. The van der Waals surface area contributed by atoms with Gasteiger partial charge in [-0.3, -0.25) is 9.88 Å². The van der Waals surface area contributed by atoms with Gasteiger partial charge in [0.05, 0.1) is 12.6 Å². The Hall–Kier alpha value is -1.71. The lowest BCUT2D eigenvalue weighted by Gasteiger charge is -2.30. The molecule has 3 heteroatoms. The zero-order chi connectivity index (χ0) is 15.5. The molecule has 0 bridgehead atoms. The first-order valence-corrected chi connectivity index (χ1v) is 7.94. The summed E-state index contributed by atoms with van der Waals surface area (Å²) in [6.45, 7) is 1.57. The molecule has 2 heterocycles. The van der Waals surface area contributed by atoms with E-state index in [0.29, 0.717) is 6.61 Å². The lowest BCUT2D eigenvalue weighted by Crippen LogP contribution is -2.31. The van der Waals surface area contributed by atoms with Gasteiger partial charge in [-0.05, 0) is 43.2 Å². The molecule has 0 N–H and O–H groups in total. The van der Waals surface area contributed by atoms with Gasteiger partial charge in [-0.2, -0.15) is 0 Å². The van der Waals surface area contributed by atoms with Crippen LogP contribution in [0.5, 0.6) is 0 Å². The summed E-state index contributed by atoms with van der Waals surface area (Å²) in [4.78, 5) is 6.67. The summed E-state index contributed by atoms with van der Waals surface area (Å²) in [5, 5.41) is 0. The minimum absolute atomic E-state index is 0.0520. The van der Waals surface area contributed by atoms with E-state index in [9.17, 15) is 0 Å². The van der Waals surface area contributed by atoms with Crippen molar-refractivity contribution >= 4 is 0 Å². The van der Waals surface area contributed by atoms with Gasteiger partial charge in [0.25, 0.3) is 0 Å². The summed E-state index contributed by atoms with van der Waals surface area (Å²) in [6, 6.07) is 14.9. The molecule has 1 aliphatic carbocycles. The lowest BCUT2D eigenvalue weighted by atomic mass is 10.0. The maximum Gasteiger partial charge on any atom is 0.138 e. The molecule has 1 saturated carbocycles. The van der Waals surface area contributed by atoms with Crippen molar-refractivity contribution in [3.63, 3.8) is 0 Å². The fourth-order valence-electron chi connectivity index (χ4n) is 3.23. The van der Waals surface area contributed by atoms with E-state index in [-0.39, 0.29) is 12.3 Å².